The number of nitrogens with one attached hydrogen (secondary N) is 11. The third-order valence-corrected chi connectivity index (χ3v) is 12.8. The number of rotatable bonds is 17. The molecule has 9 amide bonds. The lowest BCUT2D eigenvalue weighted by molar-refractivity contribution is -0.136. The molecule has 74 heavy (non-hydrogen) atoms. The molecule has 0 spiro atoms. The molecule has 2 saturated heterocycles. The summed E-state index contributed by atoms with van der Waals surface area (Å²) in [5.74, 6) is -6.86. The first-order valence-electron chi connectivity index (χ1n) is 25.2. The van der Waals surface area contributed by atoms with Gasteiger partial charge in [-0.25, -0.2) is 0 Å². The Hall–Kier alpha value is -7.60. The van der Waals surface area contributed by atoms with E-state index >= 15 is 0 Å². The lowest BCUT2D eigenvalue weighted by Crippen LogP contribution is -2.61. The molecule has 0 bridgehead atoms. The molecule has 402 valence electrons. The first-order chi connectivity index (χ1) is 35.5. The number of aromatic nitrogens is 1. The molecular formula is C50H73N15O9. The number of fused-ring (bicyclic) bond motifs is 1. The van der Waals surface area contributed by atoms with Gasteiger partial charge in [0.15, 0.2) is 5.96 Å². The van der Waals surface area contributed by atoms with Crippen LogP contribution >= 0.6 is 0 Å². The zero-order valence-electron chi connectivity index (χ0n) is 42.1. The van der Waals surface area contributed by atoms with Crippen molar-refractivity contribution in [3.8, 4) is 0 Å². The summed E-state index contributed by atoms with van der Waals surface area (Å²) >= 11 is 0. The van der Waals surface area contributed by atoms with Crippen LogP contribution in [0.1, 0.15) is 89.2 Å². The predicted octanol–water partition coefficient (Wildman–Crippen LogP) is -2.31. The van der Waals surface area contributed by atoms with E-state index in [-0.39, 0.29) is 76.5 Å². The van der Waals surface area contributed by atoms with E-state index in [2.05, 4.69) is 63.1 Å². The molecule has 1 aromatic heterocycles. The Kier molecular flexibility index (Phi) is 22.6. The van der Waals surface area contributed by atoms with E-state index in [4.69, 9.17) is 17.2 Å². The van der Waals surface area contributed by atoms with Crippen molar-refractivity contribution in [2.45, 2.75) is 139 Å². The Morgan fingerprint density at radius 3 is 2.12 bits per heavy atom. The van der Waals surface area contributed by atoms with Gasteiger partial charge in [-0.15, -0.1) is 0 Å². The highest BCUT2D eigenvalue weighted by atomic mass is 16.2. The Balaban J connectivity index is 1.54. The third-order valence-electron chi connectivity index (χ3n) is 12.8. The fourth-order valence-electron chi connectivity index (χ4n) is 8.79. The molecule has 2 fully saturated rings. The largest absolute Gasteiger partial charge is 0.370 e. The summed E-state index contributed by atoms with van der Waals surface area (Å²) in [4.78, 5) is 132. The van der Waals surface area contributed by atoms with Crippen LogP contribution in [0.25, 0.3) is 10.9 Å². The highest BCUT2D eigenvalue weighted by molar-refractivity contribution is 5.99. The molecule has 3 heterocycles. The molecule has 17 N–H and O–H groups in total. The molecule has 5 rings (SSSR count). The maximum Gasteiger partial charge on any atom is 0.243 e. The standard InChI is InChI=1S/C50H73N15O9/c1-3-4-16-36(59-29(2)66)44(69)65-41-25-42(67)55-20-11-10-18-35(43(51)68)60-47(72)39(23-31-26-57-34-17-9-8-15-33(31)34)63-45(70)37(19-12-21-56-50(52)53)61-46(71)38(22-30-13-6-5-7-14-30)62-48(73)40(64-49(41)74)24-32-27-54-28-58-32/h5-9,13-15,17,26,32,35-41,54,57-58H,3-4,10-12,16,18-25,27-28H2,1-2H3,(H2,51,68)(H,55,67)(H,59,66)(H,60,72)(H,61,71)(H,62,73)(H,63,70)(H,64,74)(H,65,69)(H4,52,53,56)/t32?,35-,36-,37-,38+,39-,40?,41?/m0/s1. The number of benzene rings is 2. The van der Waals surface area contributed by atoms with Gasteiger partial charge in [0, 0.05) is 69.2 Å². The molecular weight excluding hydrogens is 955 g/mol. The van der Waals surface area contributed by atoms with Crippen molar-refractivity contribution in [3.63, 3.8) is 0 Å². The van der Waals surface area contributed by atoms with Gasteiger partial charge in [0.25, 0.3) is 0 Å². The number of nitrogens with two attached hydrogens (primary N) is 3. The number of aliphatic imine (C=N–C) groups is 1. The predicted molar refractivity (Wildman–Crippen MR) is 276 cm³/mol. The van der Waals surface area contributed by atoms with E-state index in [1.54, 1.807) is 36.5 Å². The highest BCUT2D eigenvalue weighted by Gasteiger charge is 2.36. The van der Waals surface area contributed by atoms with Gasteiger partial charge in [0.1, 0.15) is 42.3 Å². The molecule has 8 atom stereocenters. The molecule has 0 aliphatic carbocycles. The van der Waals surface area contributed by atoms with Gasteiger partial charge in [-0.05, 0) is 62.1 Å². The minimum Gasteiger partial charge on any atom is -0.370 e. The first-order valence-corrected chi connectivity index (χ1v) is 25.2. The smallest absolute Gasteiger partial charge is 0.243 e. The van der Waals surface area contributed by atoms with Gasteiger partial charge in [0.05, 0.1) is 6.42 Å². The monoisotopic (exact) mass is 1030 g/mol. The number of hydrogen-bond donors (Lipinski definition) is 14. The van der Waals surface area contributed by atoms with Crippen molar-refractivity contribution < 1.29 is 43.2 Å². The highest BCUT2D eigenvalue weighted by Crippen LogP contribution is 2.20. The van der Waals surface area contributed by atoms with Gasteiger partial charge in [0.2, 0.25) is 53.2 Å². The number of H-pyrrole nitrogens is 1. The van der Waals surface area contributed by atoms with Crippen molar-refractivity contribution in [2.75, 3.05) is 26.3 Å². The lowest BCUT2D eigenvalue weighted by Gasteiger charge is -2.28. The molecule has 3 aromatic rings. The molecule has 0 saturated carbocycles. The van der Waals surface area contributed by atoms with Gasteiger partial charge >= 0.3 is 0 Å². The lowest BCUT2D eigenvalue weighted by atomic mass is 10.0. The zero-order valence-corrected chi connectivity index (χ0v) is 42.1. The molecule has 0 radical (unpaired) electrons. The van der Waals surface area contributed by atoms with E-state index < -0.39 is 102 Å². The summed E-state index contributed by atoms with van der Waals surface area (Å²) in [6.07, 6.45) is 3.29. The number of primary amides is 1. The van der Waals surface area contributed by atoms with Gasteiger partial charge in [-0.2, -0.15) is 0 Å². The summed E-state index contributed by atoms with van der Waals surface area (Å²) < 4.78 is 0. The van der Waals surface area contributed by atoms with Gasteiger partial charge in [-0.3, -0.25) is 48.1 Å². The Morgan fingerprint density at radius 1 is 0.770 bits per heavy atom. The van der Waals surface area contributed by atoms with Crippen molar-refractivity contribution >= 4 is 70.0 Å². The second-order valence-electron chi connectivity index (χ2n) is 18.7. The number of hydrogen-bond acceptors (Lipinski definition) is 12. The van der Waals surface area contributed by atoms with Gasteiger partial charge < -0.3 is 75.4 Å². The van der Waals surface area contributed by atoms with Crippen molar-refractivity contribution in [1.82, 2.24) is 58.2 Å². The summed E-state index contributed by atoms with van der Waals surface area (Å²) in [7, 11) is 0. The van der Waals surface area contributed by atoms with E-state index in [1.165, 1.54) is 6.92 Å². The Labute approximate surface area is 429 Å². The van der Waals surface area contributed by atoms with E-state index in [1.807, 2.05) is 31.2 Å². The molecule has 3 unspecified atom stereocenters. The van der Waals surface area contributed by atoms with E-state index in [0.29, 0.717) is 43.6 Å². The number of carbonyl (C=O) groups excluding carboxylic acids is 9. The van der Waals surface area contributed by atoms with Crippen molar-refractivity contribution in [2.24, 2.45) is 22.2 Å². The minimum absolute atomic E-state index is 0.00410. The maximum atomic E-state index is 14.7. The quantitative estimate of drug-likeness (QED) is 0.0385. The SMILES string of the molecule is CCCC[C@H](NC(C)=O)C(=O)NC1CC(=O)NCCCC[C@@H](C(N)=O)NC(=O)[C@H](Cc2c[nH]c3ccccc23)NC(=O)[C@H](CCCN=C(N)N)NC(=O)[C@@H](Cc2ccccc2)NC(=O)C(CC2CNCN2)NC1=O. The number of aromatic amines is 1. The average Bonchev–Trinajstić information content (AvgIpc) is 4.04. The maximum absolute atomic E-state index is 14.7. The summed E-state index contributed by atoms with van der Waals surface area (Å²) in [5.41, 5.74) is 19.1. The molecule has 24 heteroatoms. The van der Waals surface area contributed by atoms with E-state index in [9.17, 15) is 43.2 Å². The van der Waals surface area contributed by atoms with Crippen LogP contribution in [0.2, 0.25) is 0 Å². The van der Waals surface area contributed by atoms with Crippen LogP contribution in [0.4, 0.5) is 0 Å². The normalized spacial score (nSPS) is 23.4. The van der Waals surface area contributed by atoms with E-state index in [0.717, 1.165) is 10.9 Å². The number of carbonyl (C=O) groups is 9. The van der Waals surface area contributed by atoms with Crippen LogP contribution in [0.5, 0.6) is 0 Å². The minimum atomic E-state index is -1.54. The second-order valence-corrected chi connectivity index (χ2v) is 18.7. The van der Waals surface area contributed by atoms with Crippen molar-refractivity contribution in [1.29, 1.82) is 0 Å². The number of para-hydroxylation sites is 1. The van der Waals surface area contributed by atoms with Crippen LogP contribution in [-0.4, -0.2) is 139 Å². The fourth-order valence-corrected chi connectivity index (χ4v) is 8.79. The van der Waals surface area contributed by atoms with Gasteiger partial charge in [-0.1, -0.05) is 68.3 Å². The van der Waals surface area contributed by atoms with Crippen LogP contribution < -0.4 is 70.4 Å². The van der Waals surface area contributed by atoms with Crippen LogP contribution in [-0.2, 0) is 56.0 Å². The van der Waals surface area contributed by atoms with Crippen molar-refractivity contribution in [3.05, 3.63) is 71.9 Å². The van der Waals surface area contributed by atoms with Crippen LogP contribution in [0.15, 0.2) is 65.8 Å². The summed E-state index contributed by atoms with van der Waals surface area (Å²) in [6, 6.07) is 6.66. The Bertz CT molecular complexity index is 2440. The molecule has 2 aliphatic rings. The summed E-state index contributed by atoms with van der Waals surface area (Å²) in [6.45, 7) is 4.13. The second kappa shape index (κ2) is 29.2. The van der Waals surface area contributed by atoms with Crippen LogP contribution in [0, 0.1) is 0 Å². The third kappa shape index (κ3) is 18.5. The number of unbranched alkanes of at least 4 members (excludes halogenated alkanes) is 1. The number of guanidine groups is 1. The molecule has 24 nitrogen and oxygen atoms in total. The molecule has 2 aliphatic heterocycles. The molecule has 2 aromatic carbocycles. The Morgan fingerprint density at radius 2 is 1.43 bits per heavy atom. The first kappa shape index (κ1) is 57.3. The van der Waals surface area contributed by atoms with Crippen LogP contribution in [0.3, 0.4) is 0 Å². The number of amides is 9. The average molecular weight is 1030 g/mol. The fraction of sp³-hybridized carbons (Fsp3) is 0.520. The topological polar surface area (TPSA) is 380 Å². The summed E-state index contributed by atoms with van der Waals surface area (Å²) in [5, 5.41) is 28.9. The zero-order chi connectivity index (χ0) is 53.6. The number of nitrogens with zero attached hydrogens (tertiary/aromatic N) is 1.